The first-order valence-corrected chi connectivity index (χ1v) is 10.3. The quantitative estimate of drug-likeness (QED) is 0.616. The fraction of sp³-hybridized carbons (Fsp3) is 1.00. The molecule has 5 nitrogen and oxygen atoms in total. The van der Waals surface area contributed by atoms with Crippen LogP contribution in [0.25, 0.3) is 0 Å². The Kier molecular flexibility index (Phi) is 10.0. The Morgan fingerprint density at radius 2 is 1.69 bits per heavy atom. The van der Waals surface area contributed by atoms with E-state index >= 15 is 0 Å². The number of rotatable bonds is 10. The Bertz CT molecular complexity index is 390. The topological polar surface area (TPSA) is 62.2 Å². The SMILES string of the molecule is CC(C)CC(C)C(O[C@H]1CC(N(C)C)CC(C)O1)C(C)C(O)C(C)CO. The van der Waals surface area contributed by atoms with Crippen LogP contribution in [0.2, 0.25) is 0 Å². The van der Waals surface area contributed by atoms with E-state index in [1.165, 1.54) is 0 Å². The van der Waals surface area contributed by atoms with Gasteiger partial charge < -0.3 is 24.6 Å². The summed E-state index contributed by atoms with van der Waals surface area (Å²) in [6.07, 6.45) is 2.13. The van der Waals surface area contributed by atoms with Gasteiger partial charge in [0.05, 0.1) is 18.3 Å². The zero-order valence-corrected chi connectivity index (χ0v) is 18.2. The minimum Gasteiger partial charge on any atom is -0.396 e. The van der Waals surface area contributed by atoms with Crippen LogP contribution in [0.1, 0.15) is 60.8 Å². The maximum Gasteiger partial charge on any atom is 0.159 e. The van der Waals surface area contributed by atoms with Crippen molar-refractivity contribution in [2.45, 2.75) is 91.4 Å². The van der Waals surface area contributed by atoms with Gasteiger partial charge in [-0.25, -0.2) is 0 Å². The van der Waals surface area contributed by atoms with Gasteiger partial charge in [-0.05, 0) is 45.7 Å². The highest BCUT2D eigenvalue weighted by Crippen LogP contribution is 2.32. The largest absolute Gasteiger partial charge is 0.396 e. The van der Waals surface area contributed by atoms with Crippen molar-refractivity contribution in [3.63, 3.8) is 0 Å². The number of hydrogen-bond acceptors (Lipinski definition) is 5. The van der Waals surface area contributed by atoms with E-state index in [1.807, 2.05) is 13.8 Å². The van der Waals surface area contributed by atoms with Gasteiger partial charge in [0, 0.05) is 30.9 Å². The third-order valence-electron chi connectivity index (χ3n) is 5.82. The molecular weight excluding hydrogens is 330 g/mol. The molecule has 8 atom stereocenters. The molecular formula is C21H43NO4. The molecule has 0 bridgehead atoms. The molecule has 0 radical (unpaired) electrons. The van der Waals surface area contributed by atoms with E-state index in [-0.39, 0.29) is 36.9 Å². The van der Waals surface area contributed by atoms with E-state index < -0.39 is 6.10 Å². The number of hydrogen-bond donors (Lipinski definition) is 2. The average Bonchev–Trinajstić information content (AvgIpc) is 2.56. The van der Waals surface area contributed by atoms with Crippen molar-refractivity contribution >= 4 is 0 Å². The van der Waals surface area contributed by atoms with Gasteiger partial charge in [-0.2, -0.15) is 0 Å². The Morgan fingerprint density at radius 3 is 2.19 bits per heavy atom. The van der Waals surface area contributed by atoms with Crippen molar-refractivity contribution < 1.29 is 19.7 Å². The van der Waals surface area contributed by atoms with Crippen LogP contribution < -0.4 is 0 Å². The van der Waals surface area contributed by atoms with Gasteiger partial charge in [0.1, 0.15) is 0 Å². The van der Waals surface area contributed by atoms with Crippen molar-refractivity contribution in [3.8, 4) is 0 Å². The molecule has 0 spiro atoms. The monoisotopic (exact) mass is 373 g/mol. The van der Waals surface area contributed by atoms with Gasteiger partial charge in [-0.1, -0.05) is 34.6 Å². The molecule has 1 fully saturated rings. The molecule has 0 aliphatic carbocycles. The summed E-state index contributed by atoms with van der Waals surface area (Å²) >= 11 is 0. The van der Waals surface area contributed by atoms with Crippen LogP contribution in [-0.2, 0) is 9.47 Å². The van der Waals surface area contributed by atoms with Crippen LogP contribution in [0.5, 0.6) is 0 Å². The van der Waals surface area contributed by atoms with Crippen LogP contribution >= 0.6 is 0 Å². The van der Waals surface area contributed by atoms with E-state index in [1.54, 1.807) is 0 Å². The van der Waals surface area contributed by atoms with Gasteiger partial charge in [0.25, 0.3) is 0 Å². The molecule has 0 aromatic rings. The Hall–Kier alpha value is -0.200. The van der Waals surface area contributed by atoms with Gasteiger partial charge in [0.2, 0.25) is 0 Å². The molecule has 1 saturated heterocycles. The maximum absolute atomic E-state index is 10.7. The lowest BCUT2D eigenvalue weighted by atomic mass is 9.81. The van der Waals surface area contributed by atoms with Crippen molar-refractivity contribution in [3.05, 3.63) is 0 Å². The summed E-state index contributed by atoms with van der Waals surface area (Å²) in [4.78, 5) is 2.24. The predicted octanol–water partition coefficient (Wildman–Crippen LogP) is 3.13. The lowest BCUT2D eigenvalue weighted by molar-refractivity contribution is -0.243. The van der Waals surface area contributed by atoms with Crippen LogP contribution in [0.3, 0.4) is 0 Å². The average molecular weight is 374 g/mol. The van der Waals surface area contributed by atoms with Crippen molar-refractivity contribution in [2.24, 2.45) is 23.7 Å². The summed E-state index contributed by atoms with van der Waals surface area (Å²) in [5.41, 5.74) is 0. The zero-order chi connectivity index (χ0) is 20.0. The summed E-state index contributed by atoms with van der Waals surface area (Å²) in [7, 11) is 4.21. The third-order valence-corrected chi connectivity index (χ3v) is 5.82. The molecule has 0 aromatic heterocycles. The number of aliphatic hydroxyl groups is 2. The van der Waals surface area contributed by atoms with Gasteiger partial charge in [-0.15, -0.1) is 0 Å². The fourth-order valence-corrected chi connectivity index (χ4v) is 4.23. The minimum absolute atomic E-state index is 0.0174. The standard InChI is InChI=1S/C21H43NO4/c1-13(2)9-14(3)21(17(6)20(24)15(4)12-23)26-19-11-18(22(7)8)10-16(5)25-19/h13-21,23-24H,9-12H2,1-8H3/t14?,15?,16?,17?,18?,19-,20?,21?/m0/s1. The van der Waals surface area contributed by atoms with E-state index in [9.17, 15) is 10.2 Å². The zero-order valence-electron chi connectivity index (χ0n) is 18.2. The number of aliphatic hydroxyl groups excluding tert-OH is 2. The highest BCUT2D eigenvalue weighted by molar-refractivity contribution is 4.84. The van der Waals surface area contributed by atoms with Crippen molar-refractivity contribution in [1.29, 1.82) is 0 Å². The molecule has 5 heteroatoms. The predicted molar refractivity (Wildman–Crippen MR) is 106 cm³/mol. The Balaban J connectivity index is 2.90. The molecule has 1 aliphatic rings. The van der Waals surface area contributed by atoms with E-state index in [0.29, 0.717) is 17.9 Å². The summed E-state index contributed by atoms with van der Waals surface area (Å²) in [5.74, 6) is 0.647. The molecule has 2 N–H and O–H groups in total. The Labute approximate surface area is 161 Å². The normalized spacial score (nSPS) is 30.2. The molecule has 0 aromatic carbocycles. The van der Waals surface area contributed by atoms with Crippen molar-refractivity contribution in [1.82, 2.24) is 4.90 Å². The van der Waals surface area contributed by atoms with Crippen LogP contribution in [0.4, 0.5) is 0 Å². The van der Waals surface area contributed by atoms with Crippen LogP contribution in [0, 0.1) is 23.7 Å². The lowest BCUT2D eigenvalue weighted by Gasteiger charge is -2.42. The second kappa shape index (κ2) is 11.0. The molecule has 156 valence electrons. The van der Waals surface area contributed by atoms with E-state index in [0.717, 1.165) is 19.3 Å². The van der Waals surface area contributed by atoms with Crippen LogP contribution in [0.15, 0.2) is 0 Å². The first-order valence-electron chi connectivity index (χ1n) is 10.3. The molecule has 7 unspecified atom stereocenters. The molecule has 1 aliphatic heterocycles. The van der Waals surface area contributed by atoms with Crippen molar-refractivity contribution in [2.75, 3.05) is 20.7 Å². The first-order chi connectivity index (χ1) is 12.1. The summed E-state index contributed by atoms with van der Waals surface area (Å²) < 4.78 is 12.6. The van der Waals surface area contributed by atoms with Gasteiger partial charge >= 0.3 is 0 Å². The maximum atomic E-state index is 10.7. The van der Waals surface area contributed by atoms with Gasteiger partial charge in [0.15, 0.2) is 6.29 Å². The summed E-state index contributed by atoms with van der Waals surface area (Å²) in [6.45, 7) is 12.6. The smallest absolute Gasteiger partial charge is 0.159 e. The first kappa shape index (κ1) is 23.8. The molecule has 26 heavy (non-hydrogen) atoms. The minimum atomic E-state index is -0.592. The molecule has 0 amide bonds. The van der Waals surface area contributed by atoms with E-state index in [4.69, 9.17) is 9.47 Å². The van der Waals surface area contributed by atoms with E-state index in [2.05, 4.69) is 46.7 Å². The lowest BCUT2D eigenvalue weighted by Crippen LogP contribution is -2.47. The molecule has 0 saturated carbocycles. The Morgan fingerprint density at radius 1 is 1.08 bits per heavy atom. The third kappa shape index (κ3) is 7.08. The second-order valence-corrected chi connectivity index (χ2v) is 9.18. The van der Waals surface area contributed by atoms with Gasteiger partial charge in [-0.3, -0.25) is 0 Å². The second-order valence-electron chi connectivity index (χ2n) is 9.18. The number of ether oxygens (including phenoxy) is 2. The molecule has 1 heterocycles. The summed E-state index contributed by atoms with van der Waals surface area (Å²) in [5, 5.41) is 20.1. The number of nitrogens with zero attached hydrogens (tertiary/aromatic N) is 1. The molecule has 1 rings (SSSR count). The van der Waals surface area contributed by atoms with Crippen LogP contribution in [-0.4, -0.2) is 66.5 Å². The highest BCUT2D eigenvalue weighted by atomic mass is 16.7. The summed E-state index contributed by atoms with van der Waals surface area (Å²) in [6, 6.07) is 0.446. The fourth-order valence-electron chi connectivity index (χ4n) is 4.23. The highest BCUT2D eigenvalue weighted by Gasteiger charge is 2.37.